The maximum Gasteiger partial charge on any atom is 0.234 e. The van der Waals surface area contributed by atoms with Gasteiger partial charge in [-0.1, -0.05) is 58.8 Å². The Bertz CT molecular complexity index is 1090. The van der Waals surface area contributed by atoms with E-state index in [0.29, 0.717) is 27.8 Å². The van der Waals surface area contributed by atoms with Gasteiger partial charge in [-0.2, -0.15) is 9.61 Å². The van der Waals surface area contributed by atoms with Crippen molar-refractivity contribution in [3.05, 3.63) is 63.4 Å². The number of halogens is 3. The first-order valence-electron chi connectivity index (χ1n) is 7.30. The Morgan fingerprint density at radius 3 is 2.76 bits per heavy atom. The maximum atomic E-state index is 13.7. The van der Waals surface area contributed by atoms with Crippen LogP contribution in [0.25, 0.3) is 15.5 Å². The fourth-order valence-corrected chi connectivity index (χ4v) is 3.79. The third-order valence-electron chi connectivity index (χ3n) is 3.78. The molecule has 0 saturated heterocycles. The molecule has 0 N–H and O–H groups in total. The summed E-state index contributed by atoms with van der Waals surface area (Å²) in [6.07, 6.45) is 0.595. The number of benzene rings is 1. The van der Waals surface area contributed by atoms with Crippen molar-refractivity contribution in [1.82, 2.24) is 24.8 Å². The molecule has 0 bridgehead atoms. The van der Waals surface area contributed by atoms with E-state index in [1.165, 1.54) is 23.0 Å². The zero-order chi connectivity index (χ0) is 17.6. The van der Waals surface area contributed by atoms with Crippen LogP contribution in [0.4, 0.5) is 4.39 Å². The van der Waals surface area contributed by atoms with Gasteiger partial charge < -0.3 is 0 Å². The van der Waals surface area contributed by atoms with Gasteiger partial charge in [0.05, 0.1) is 5.56 Å². The molecule has 0 aliphatic heterocycles. The van der Waals surface area contributed by atoms with Crippen LogP contribution in [0.1, 0.15) is 17.0 Å². The quantitative estimate of drug-likeness (QED) is 0.477. The molecule has 9 heteroatoms. The molecule has 25 heavy (non-hydrogen) atoms. The summed E-state index contributed by atoms with van der Waals surface area (Å²) in [5.74, 6) is 0.0532. The molecule has 126 valence electrons. The summed E-state index contributed by atoms with van der Waals surface area (Å²) >= 11 is 13.0. The van der Waals surface area contributed by atoms with E-state index in [-0.39, 0.29) is 10.3 Å². The number of rotatable bonds is 3. The van der Waals surface area contributed by atoms with Gasteiger partial charge in [0.2, 0.25) is 4.96 Å². The van der Waals surface area contributed by atoms with Gasteiger partial charge in [-0.3, -0.25) is 0 Å². The second-order valence-corrected chi connectivity index (χ2v) is 7.09. The second kappa shape index (κ2) is 6.33. The van der Waals surface area contributed by atoms with Crippen LogP contribution in [0.3, 0.4) is 0 Å². The van der Waals surface area contributed by atoms with Gasteiger partial charge in [0.1, 0.15) is 5.15 Å². The van der Waals surface area contributed by atoms with Crippen LogP contribution in [0.15, 0.2) is 30.3 Å². The molecule has 0 atom stereocenters. The highest BCUT2D eigenvalue weighted by Crippen LogP contribution is 2.32. The monoisotopic (exact) mass is 393 g/mol. The van der Waals surface area contributed by atoms with Gasteiger partial charge in [-0.25, -0.2) is 9.37 Å². The van der Waals surface area contributed by atoms with Crippen molar-refractivity contribution in [2.45, 2.75) is 13.3 Å². The molecule has 0 saturated carbocycles. The Balaban J connectivity index is 1.76. The average molecular weight is 394 g/mol. The van der Waals surface area contributed by atoms with Gasteiger partial charge in [-0.05, 0) is 24.1 Å². The van der Waals surface area contributed by atoms with E-state index in [1.807, 2.05) is 31.2 Å². The molecule has 0 spiro atoms. The Labute approximate surface area is 156 Å². The summed E-state index contributed by atoms with van der Waals surface area (Å²) in [5.41, 5.74) is 2.69. The summed E-state index contributed by atoms with van der Waals surface area (Å²) in [4.78, 5) is 4.38. The lowest BCUT2D eigenvalue weighted by molar-refractivity contribution is 0.622. The minimum absolute atomic E-state index is 0.0943. The predicted molar refractivity (Wildman–Crippen MR) is 95.9 cm³/mol. The van der Waals surface area contributed by atoms with E-state index in [4.69, 9.17) is 23.2 Å². The van der Waals surface area contributed by atoms with Crippen molar-refractivity contribution < 1.29 is 4.39 Å². The SMILES string of the molecule is Cc1ccccc1Cc1nnc2sc(-c3cc(F)c(Cl)nc3Cl)nn12. The number of pyridine rings is 1. The maximum absolute atomic E-state index is 13.7. The van der Waals surface area contributed by atoms with E-state index in [9.17, 15) is 4.39 Å². The Morgan fingerprint density at radius 2 is 1.96 bits per heavy atom. The number of aryl methyl sites for hydroxylation is 1. The normalized spacial score (nSPS) is 11.4. The smallest absolute Gasteiger partial charge is 0.221 e. The minimum atomic E-state index is -0.646. The highest BCUT2D eigenvalue weighted by molar-refractivity contribution is 7.19. The lowest BCUT2D eigenvalue weighted by Crippen LogP contribution is -1.99. The van der Waals surface area contributed by atoms with Crippen LogP contribution < -0.4 is 0 Å². The fraction of sp³-hybridized carbons (Fsp3) is 0.125. The molecule has 0 fully saturated rings. The Morgan fingerprint density at radius 1 is 1.16 bits per heavy atom. The van der Waals surface area contributed by atoms with Crippen molar-refractivity contribution >= 4 is 39.5 Å². The van der Waals surface area contributed by atoms with Crippen molar-refractivity contribution in [2.75, 3.05) is 0 Å². The lowest BCUT2D eigenvalue weighted by atomic mass is 10.1. The number of fused-ring (bicyclic) bond motifs is 1. The van der Waals surface area contributed by atoms with Crippen molar-refractivity contribution in [3.63, 3.8) is 0 Å². The molecule has 3 aromatic heterocycles. The molecule has 5 nitrogen and oxygen atoms in total. The molecule has 0 aliphatic rings. The molecule has 0 amide bonds. The fourth-order valence-electron chi connectivity index (χ4n) is 2.45. The van der Waals surface area contributed by atoms with Crippen LogP contribution in [-0.2, 0) is 6.42 Å². The lowest BCUT2D eigenvalue weighted by Gasteiger charge is -2.03. The van der Waals surface area contributed by atoms with Gasteiger partial charge in [-0.15, -0.1) is 10.2 Å². The van der Waals surface area contributed by atoms with Gasteiger partial charge in [0.25, 0.3) is 0 Å². The number of hydrogen-bond acceptors (Lipinski definition) is 5. The third kappa shape index (κ3) is 2.99. The average Bonchev–Trinajstić information content (AvgIpc) is 3.15. The molecule has 4 rings (SSSR count). The first-order chi connectivity index (χ1) is 12.0. The standard InChI is InChI=1S/C16H10Cl2FN5S/c1-8-4-2-3-5-9(8)6-12-21-22-16-24(12)23-15(25-16)10-7-11(19)14(18)20-13(10)17/h2-5,7H,6H2,1H3. The van der Waals surface area contributed by atoms with Crippen LogP contribution in [0, 0.1) is 12.7 Å². The van der Waals surface area contributed by atoms with E-state index < -0.39 is 5.82 Å². The number of aromatic nitrogens is 5. The van der Waals surface area contributed by atoms with E-state index in [2.05, 4.69) is 20.3 Å². The van der Waals surface area contributed by atoms with Crippen LogP contribution in [0.5, 0.6) is 0 Å². The van der Waals surface area contributed by atoms with Crippen LogP contribution >= 0.6 is 34.5 Å². The van der Waals surface area contributed by atoms with Crippen molar-refractivity contribution in [3.8, 4) is 10.6 Å². The van der Waals surface area contributed by atoms with Crippen molar-refractivity contribution in [1.29, 1.82) is 0 Å². The molecule has 0 unspecified atom stereocenters. The number of hydrogen-bond donors (Lipinski definition) is 0. The van der Waals surface area contributed by atoms with Crippen LogP contribution in [0.2, 0.25) is 10.3 Å². The summed E-state index contributed by atoms with van der Waals surface area (Å²) in [7, 11) is 0. The molecule has 1 aromatic carbocycles. The van der Waals surface area contributed by atoms with Gasteiger partial charge >= 0.3 is 0 Å². The molecular formula is C16H10Cl2FN5S. The minimum Gasteiger partial charge on any atom is -0.221 e. The molecular weight excluding hydrogens is 384 g/mol. The molecule has 4 aromatic rings. The summed E-state index contributed by atoms with van der Waals surface area (Å²) < 4.78 is 15.4. The van der Waals surface area contributed by atoms with E-state index in [0.717, 1.165) is 5.56 Å². The largest absolute Gasteiger partial charge is 0.234 e. The first-order valence-corrected chi connectivity index (χ1v) is 8.87. The molecule has 0 radical (unpaired) electrons. The second-order valence-electron chi connectivity index (χ2n) is 5.42. The Hall–Kier alpha value is -2.09. The molecule has 3 heterocycles. The Kier molecular flexibility index (Phi) is 4.15. The van der Waals surface area contributed by atoms with Crippen LogP contribution in [-0.4, -0.2) is 24.8 Å². The van der Waals surface area contributed by atoms with E-state index >= 15 is 0 Å². The third-order valence-corrected chi connectivity index (χ3v) is 5.27. The van der Waals surface area contributed by atoms with E-state index in [1.54, 1.807) is 4.52 Å². The number of nitrogens with zero attached hydrogens (tertiary/aromatic N) is 5. The molecule has 0 aliphatic carbocycles. The van der Waals surface area contributed by atoms with Crippen molar-refractivity contribution in [2.24, 2.45) is 0 Å². The zero-order valence-corrected chi connectivity index (χ0v) is 15.2. The first kappa shape index (κ1) is 16.4. The van der Waals surface area contributed by atoms with Gasteiger partial charge in [0.15, 0.2) is 21.8 Å². The highest BCUT2D eigenvalue weighted by atomic mass is 35.5. The summed E-state index contributed by atoms with van der Waals surface area (Å²) in [6.45, 7) is 2.04. The predicted octanol–water partition coefficient (Wildman–Crippen LogP) is 4.59. The summed E-state index contributed by atoms with van der Waals surface area (Å²) in [5, 5.41) is 13.2. The highest BCUT2D eigenvalue weighted by Gasteiger charge is 2.18. The topological polar surface area (TPSA) is 56.0 Å². The van der Waals surface area contributed by atoms with Gasteiger partial charge in [0, 0.05) is 6.42 Å². The zero-order valence-electron chi connectivity index (χ0n) is 12.9. The summed E-state index contributed by atoms with van der Waals surface area (Å²) in [6, 6.07) is 9.28.